The molecule has 0 saturated carbocycles. The molecule has 5 N–H and O–H groups in total. The molecule has 10 heteroatoms. The smallest absolute Gasteiger partial charge is 0.399 e. The van der Waals surface area contributed by atoms with E-state index in [0.717, 1.165) is 17.7 Å². The third-order valence-corrected chi connectivity index (χ3v) is 4.85. The zero-order valence-electron chi connectivity index (χ0n) is 18.9. The molecule has 0 bridgehead atoms. The van der Waals surface area contributed by atoms with Crippen molar-refractivity contribution in [1.82, 2.24) is 15.1 Å². The largest absolute Gasteiger partial charge is 0.416 e. The van der Waals surface area contributed by atoms with E-state index in [1.54, 1.807) is 6.92 Å². The van der Waals surface area contributed by atoms with Crippen molar-refractivity contribution in [3.8, 4) is 0 Å². The summed E-state index contributed by atoms with van der Waals surface area (Å²) in [6.07, 6.45) is 0.603. The summed E-state index contributed by atoms with van der Waals surface area (Å²) in [4.78, 5) is 16.8. The Morgan fingerprint density at radius 3 is 2.45 bits per heavy atom. The molecule has 1 unspecified atom stereocenters. The lowest BCUT2D eigenvalue weighted by atomic mass is 9.89. The first kappa shape index (κ1) is 25.7. The van der Waals surface area contributed by atoms with Crippen LogP contribution in [0.25, 0.3) is 0 Å². The number of nitrogens with one attached hydrogen (secondary N) is 1. The summed E-state index contributed by atoms with van der Waals surface area (Å²) in [7, 11) is 0. The Labute approximate surface area is 191 Å². The molecular weight excluding hydrogens is 433 g/mol. The highest BCUT2D eigenvalue weighted by atomic mass is 19.4. The van der Waals surface area contributed by atoms with Crippen LogP contribution >= 0.6 is 0 Å². The number of allylic oxidation sites excluding steroid dienone is 1. The van der Waals surface area contributed by atoms with Crippen molar-refractivity contribution in [2.45, 2.75) is 39.3 Å². The summed E-state index contributed by atoms with van der Waals surface area (Å²) >= 11 is 0. The number of hydrogen-bond acceptors (Lipinski definition) is 4. The molecule has 0 aliphatic rings. The molecule has 2 aromatic rings. The predicted molar refractivity (Wildman–Crippen MR) is 122 cm³/mol. The molecule has 1 heterocycles. The molecule has 0 radical (unpaired) electrons. The number of carbonyl (C=O) groups is 1. The highest BCUT2D eigenvalue weighted by molar-refractivity contribution is 5.96. The number of hydrogen-bond donors (Lipinski definition) is 3. The molecule has 1 aromatic carbocycles. The summed E-state index contributed by atoms with van der Waals surface area (Å²) in [5.74, 6) is -0.185. The average molecular weight is 463 g/mol. The maximum Gasteiger partial charge on any atom is 0.416 e. The molecule has 1 aromatic heterocycles. The van der Waals surface area contributed by atoms with Gasteiger partial charge in [-0.05, 0) is 43.0 Å². The fourth-order valence-corrected chi connectivity index (χ4v) is 3.23. The Morgan fingerprint density at radius 1 is 1.27 bits per heavy atom. The summed E-state index contributed by atoms with van der Waals surface area (Å²) in [5.41, 5.74) is 12.4. The lowest BCUT2D eigenvalue weighted by Crippen LogP contribution is -2.29. The first-order valence-corrected chi connectivity index (χ1v) is 10.3. The number of carbonyl (C=O) groups excluding carboxylic acids is 1. The normalized spacial score (nSPS) is 13.5. The molecule has 0 fully saturated rings. The van der Waals surface area contributed by atoms with Gasteiger partial charge in [-0.1, -0.05) is 32.6 Å². The van der Waals surface area contributed by atoms with Gasteiger partial charge in [0, 0.05) is 30.6 Å². The zero-order valence-corrected chi connectivity index (χ0v) is 18.9. The number of aryl methyl sites for hydroxylation is 1. The van der Waals surface area contributed by atoms with Crippen molar-refractivity contribution in [1.29, 1.82) is 0 Å². The van der Waals surface area contributed by atoms with E-state index in [1.807, 2.05) is 13.8 Å². The highest BCUT2D eigenvalue weighted by Gasteiger charge is 2.30. The Kier molecular flexibility index (Phi) is 8.44. The maximum atomic E-state index is 12.9. The Morgan fingerprint density at radius 2 is 1.91 bits per heavy atom. The van der Waals surface area contributed by atoms with Gasteiger partial charge in [-0.15, -0.1) is 0 Å². The van der Waals surface area contributed by atoms with Gasteiger partial charge in [0.2, 0.25) is 5.96 Å². The Hall–Kier alpha value is -3.56. The van der Waals surface area contributed by atoms with Crippen LogP contribution in [0.3, 0.4) is 0 Å². The molecule has 178 valence electrons. The van der Waals surface area contributed by atoms with Crippen molar-refractivity contribution in [2.24, 2.45) is 22.4 Å². The minimum atomic E-state index is -4.39. The van der Waals surface area contributed by atoms with E-state index in [2.05, 4.69) is 22.0 Å². The third kappa shape index (κ3) is 7.51. The van der Waals surface area contributed by atoms with Crippen molar-refractivity contribution < 1.29 is 18.0 Å². The van der Waals surface area contributed by atoms with Gasteiger partial charge in [0.25, 0.3) is 5.91 Å². The van der Waals surface area contributed by atoms with Gasteiger partial charge < -0.3 is 16.8 Å². The maximum absolute atomic E-state index is 12.9. The molecule has 0 spiro atoms. The molecule has 7 nitrogen and oxygen atoms in total. The topological polar surface area (TPSA) is 111 Å². The van der Waals surface area contributed by atoms with E-state index in [4.69, 9.17) is 11.5 Å². The SMILES string of the molecule is C=C(N)/C=C\N=C(N)n1cc(C(=O)NCC(CC(C)C)c2ccc(C(F)(F)F)cc2)c(C)n1. The minimum absolute atomic E-state index is 0.0390. The van der Waals surface area contributed by atoms with Crippen LogP contribution in [0.4, 0.5) is 13.2 Å². The fourth-order valence-electron chi connectivity index (χ4n) is 3.23. The number of alkyl halides is 3. The number of benzene rings is 1. The van der Waals surface area contributed by atoms with Gasteiger partial charge in [0.15, 0.2) is 0 Å². The van der Waals surface area contributed by atoms with Gasteiger partial charge in [0.05, 0.1) is 16.8 Å². The number of aromatic nitrogens is 2. The van der Waals surface area contributed by atoms with E-state index >= 15 is 0 Å². The summed E-state index contributed by atoms with van der Waals surface area (Å²) in [5, 5.41) is 7.06. The van der Waals surface area contributed by atoms with E-state index in [9.17, 15) is 18.0 Å². The second-order valence-electron chi connectivity index (χ2n) is 8.11. The van der Waals surface area contributed by atoms with Gasteiger partial charge in [-0.3, -0.25) is 4.79 Å². The van der Waals surface area contributed by atoms with Crippen LogP contribution < -0.4 is 16.8 Å². The van der Waals surface area contributed by atoms with Crippen LogP contribution in [0.15, 0.2) is 60.0 Å². The fraction of sp³-hybridized carbons (Fsp3) is 0.348. The lowest BCUT2D eigenvalue weighted by molar-refractivity contribution is -0.137. The van der Waals surface area contributed by atoms with Crippen LogP contribution in [-0.4, -0.2) is 28.2 Å². The number of aliphatic imine (C=N–C) groups is 1. The number of amides is 1. The average Bonchev–Trinajstić information content (AvgIpc) is 3.11. The van der Waals surface area contributed by atoms with Crippen molar-refractivity contribution in [2.75, 3.05) is 6.54 Å². The third-order valence-electron chi connectivity index (χ3n) is 4.85. The van der Waals surface area contributed by atoms with Crippen LogP contribution in [0.1, 0.15) is 53.4 Å². The van der Waals surface area contributed by atoms with E-state index in [-0.39, 0.29) is 30.2 Å². The second kappa shape index (κ2) is 10.8. The molecule has 0 saturated heterocycles. The highest BCUT2D eigenvalue weighted by Crippen LogP contribution is 2.31. The Balaban J connectivity index is 2.14. The van der Waals surface area contributed by atoms with Crippen LogP contribution in [0, 0.1) is 12.8 Å². The van der Waals surface area contributed by atoms with Gasteiger partial charge in [-0.25, -0.2) is 9.67 Å². The lowest BCUT2D eigenvalue weighted by Gasteiger charge is -2.21. The molecular formula is C23H29F3N6O. The minimum Gasteiger partial charge on any atom is -0.399 e. The predicted octanol–water partition coefficient (Wildman–Crippen LogP) is 3.92. The van der Waals surface area contributed by atoms with Crippen LogP contribution in [-0.2, 0) is 6.18 Å². The van der Waals surface area contributed by atoms with E-state index < -0.39 is 11.7 Å². The molecule has 2 rings (SSSR count). The molecule has 1 atom stereocenters. The number of nitrogens with zero attached hydrogens (tertiary/aromatic N) is 3. The van der Waals surface area contributed by atoms with Gasteiger partial charge >= 0.3 is 6.18 Å². The van der Waals surface area contributed by atoms with Gasteiger partial charge in [-0.2, -0.15) is 18.3 Å². The van der Waals surface area contributed by atoms with E-state index in [1.165, 1.54) is 35.3 Å². The quantitative estimate of drug-likeness (QED) is 0.314. The first-order valence-electron chi connectivity index (χ1n) is 10.3. The molecule has 0 aliphatic heterocycles. The second-order valence-corrected chi connectivity index (χ2v) is 8.11. The molecule has 33 heavy (non-hydrogen) atoms. The number of rotatable bonds is 8. The molecule has 1 amide bonds. The van der Waals surface area contributed by atoms with E-state index in [0.29, 0.717) is 23.4 Å². The van der Waals surface area contributed by atoms with Crippen LogP contribution in [0.2, 0.25) is 0 Å². The Bertz CT molecular complexity index is 1040. The van der Waals surface area contributed by atoms with Gasteiger partial charge in [0.1, 0.15) is 0 Å². The molecule has 0 aliphatic carbocycles. The monoisotopic (exact) mass is 462 g/mol. The summed E-state index contributed by atoms with van der Waals surface area (Å²) < 4.78 is 39.9. The standard InChI is InChI=1S/C23H29F3N6O/c1-14(2)11-18(17-5-7-19(8-6-17)23(24,25)26)12-30-21(33)20-13-32(31-16(20)4)22(28)29-10-9-15(3)27/h5-10,13-14,18H,3,11-12,27H2,1-2,4H3,(H2,28,29)(H,30,33)/b10-9-. The summed E-state index contributed by atoms with van der Waals surface area (Å²) in [6, 6.07) is 5.06. The zero-order chi connectivity index (χ0) is 24.8. The number of halogens is 3. The van der Waals surface area contributed by atoms with Crippen molar-refractivity contribution in [3.63, 3.8) is 0 Å². The van der Waals surface area contributed by atoms with Crippen molar-refractivity contribution >= 4 is 11.9 Å². The summed E-state index contributed by atoms with van der Waals surface area (Å²) in [6.45, 7) is 9.47. The number of nitrogens with two attached hydrogens (primary N) is 2. The first-order chi connectivity index (χ1) is 15.4. The van der Waals surface area contributed by atoms with Crippen molar-refractivity contribution in [3.05, 3.63) is 77.4 Å². The van der Waals surface area contributed by atoms with Crippen LogP contribution in [0.5, 0.6) is 0 Å².